The summed E-state index contributed by atoms with van der Waals surface area (Å²) in [5.41, 5.74) is 6.36. The van der Waals surface area contributed by atoms with Crippen LogP contribution >= 0.6 is 0 Å². The van der Waals surface area contributed by atoms with Crippen LogP contribution in [-0.4, -0.2) is 21.3 Å². The number of benzene rings is 2. The standard InChI is InChI=1S/C15H17NO4/c1-17-11-4-10(16)5-14(7-11)20-15-8-12(18-2)6-13(9-15)19-3/h4-9H,16H2,1-3H3. The van der Waals surface area contributed by atoms with Crippen molar-refractivity contribution in [2.45, 2.75) is 0 Å². The molecule has 0 aliphatic rings. The number of ether oxygens (including phenoxy) is 4. The van der Waals surface area contributed by atoms with Gasteiger partial charge in [0.15, 0.2) is 0 Å². The fourth-order valence-corrected chi connectivity index (χ4v) is 1.75. The maximum Gasteiger partial charge on any atom is 0.134 e. The van der Waals surface area contributed by atoms with Crippen molar-refractivity contribution in [3.05, 3.63) is 36.4 Å². The van der Waals surface area contributed by atoms with Crippen molar-refractivity contribution in [1.29, 1.82) is 0 Å². The van der Waals surface area contributed by atoms with Crippen LogP contribution in [0.15, 0.2) is 36.4 Å². The minimum Gasteiger partial charge on any atom is -0.497 e. The van der Waals surface area contributed by atoms with Gasteiger partial charge in [0, 0.05) is 42.1 Å². The van der Waals surface area contributed by atoms with Gasteiger partial charge in [-0.25, -0.2) is 0 Å². The summed E-state index contributed by atoms with van der Waals surface area (Å²) in [5, 5.41) is 0. The lowest BCUT2D eigenvalue weighted by molar-refractivity contribution is 0.385. The van der Waals surface area contributed by atoms with Crippen molar-refractivity contribution in [3.8, 4) is 28.7 Å². The van der Waals surface area contributed by atoms with Crippen LogP contribution in [0.2, 0.25) is 0 Å². The Hall–Kier alpha value is -2.56. The molecule has 0 bridgehead atoms. The second kappa shape index (κ2) is 6.06. The van der Waals surface area contributed by atoms with E-state index in [4.69, 9.17) is 24.7 Å². The lowest BCUT2D eigenvalue weighted by atomic mass is 10.2. The van der Waals surface area contributed by atoms with Crippen molar-refractivity contribution >= 4 is 5.69 Å². The van der Waals surface area contributed by atoms with E-state index in [0.29, 0.717) is 34.4 Å². The zero-order valence-corrected chi connectivity index (χ0v) is 11.7. The molecule has 0 amide bonds. The van der Waals surface area contributed by atoms with Gasteiger partial charge in [0.2, 0.25) is 0 Å². The molecule has 0 aromatic heterocycles. The Morgan fingerprint density at radius 1 is 0.600 bits per heavy atom. The van der Waals surface area contributed by atoms with E-state index in [-0.39, 0.29) is 0 Å². The molecule has 0 saturated carbocycles. The zero-order chi connectivity index (χ0) is 14.5. The summed E-state index contributed by atoms with van der Waals surface area (Å²) in [7, 11) is 4.75. The molecular weight excluding hydrogens is 258 g/mol. The van der Waals surface area contributed by atoms with Crippen molar-refractivity contribution in [2.24, 2.45) is 0 Å². The van der Waals surface area contributed by atoms with E-state index in [2.05, 4.69) is 0 Å². The van der Waals surface area contributed by atoms with Gasteiger partial charge < -0.3 is 24.7 Å². The van der Waals surface area contributed by atoms with Gasteiger partial charge in [0.25, 0.3) is 0 Å². The molecule has 5 nitrogen and oxygen atoms in total. The molecule has 0 saturated heterocycles. The Morgan fingerprint density at radius 2 is 0.950 bits per heavy atom. The molecule has 0 fully saturated rings. The van der Waals surface area contributed by atoms with E-state index in [0.717, 1.165) is 0 Å². The molecule has 2 N–H and O–H groups in total. The van der Waals surface area contributed by atoms with Crippen molar-refractivity contribution in [2.75, 3.05) is 27.1 Å². The van der Waals surface area contributed by atoms with Crippen LogP contribution in [0.3, 0.4) is 0 Å². The molecule has 2 aromatic carbocycles. The molecule has 20 heavy (non-hydrogen) atoms. The number of hydrogen-bond acceptors (Lipinski definition) is 5. The second-order valence-electron chi connectivity index (χ2n) is 4.09. The van der Waals surface area contributed by atoms with Crippen LogP contribution in [0.4, 0.5) is 5.69 Å². The van der Waals surface area contributed by atoms with E-state index in [1.54, 1.807) is 57.7 Å². The first-order valence-corrected chi connectivity index (χ1v) is 6.00. The number of methoxy groups -OCH3 is 3. The van der Waals surface area contributed by atoms with Gasteiger partial charge >= 0.3 is 0 Å². The van der Waals surface area contributed by atoms with Gasteiger partial charge in [-0.1, -0.05) is 0 Å². The number of hydrogen-bond donors (Lipinski definition) is 1. The maximum absolute atomic E-state index is 5.79. The van der Waals surface area contributed by atoms with Crippen LogP contribution < -0.4 is 24.7 Å². The van der Waals surface area contributed by atoms with Gasteiger partial charge in [0.05, 0.1) is 21.3 Å². The molecule has 0 aliphatic heterocycles. The molecule has 0 unspecified atom stereocenters. The molecule has 2 rings (SSSR count). The van der Waals surface area contributed by atoms with E-state index < -0.39 is 0 Å². The van der Waals surface area contributed by atoms with E-state index >= 15 is 0 Å². The van der Waals surface area contributed by atoms with Crippen LogP contribution in [-0.2, 0) is 0 Å². The van der Waals surface area contributed by atoms with E-state index in [1.165, 1.54) is 0 Å². The smallest absolute Gasteiger partial charge is 0.134 e. The molecule has 0 spiro atoms. The van der Waals surface area contributed by atoms with Gasteiger partial charge in [-0.2, -0.15) is 0 Å². The van der Waals surface area contributed by atoms with Crippen LogP contribution in [0, 0.1) is 0 Å². The minimum absolute atomic E-state index is 0.564. The fourth-order valence-electron chi connectivity index (χ4n) is 1.75. The number of rotatable bonds is 5. The molecule has 0 heterocycles. The molecule has 106 valence electrons. The number of anilines is 1. The number of nitrogens with two attached hydrogens (primary N) is 1. The van der Waals surface area contributed by atoms with Crippen LogP contribution in [0.5, 0.6) is 28.7 Å². The Balaban J connectivity index is 2.31. The molecule has 0 radical (unpaired) electrons. The first-order valence-electron chi connectivity index (χ1n) is 6.00. The number of nitrogen functional groups attached to an aromatic ring is 1. The summed E-state index contributed by atoms with van der Waals surface area (Å²) < 4.78 is 21.3. The molecule has 0 atom stereocenters. The third-order valence-electron chi connectivity index (χ3n) is 2.70. The van der Waals surface area contributed by atoms with Crippen molar-refractivity contribution in [1.82, 2.24) is 0 Å². The average molecular weight is 275 g/mol. The molecular formula is C15H17NO4. The SMILES string of the molecule is COc1cc(N)cc(Oc2cc(OC)cc(OC)c2)c1. The summed E-state index contributed by atoms with van der Waals surface area (Å²) in [6, 6.07) is 10.5. The third-order valence-corrected chi connectivity index (χ3v) is 2.70. The lowest BCUT2D eigenvalue weighted by Gasteiger charge is -2.11. The third kappa shape index (κ3) is 3.26. The highest BCUT2D eigenvalue weighted by Crippen LogP contribution is 2.33. The quantitative estimate of drug-likeness (QED) is 0.849. The highest BCUT2D eigenvalue weighted by atomic mass is 16.5. The Morgan fingerprint density at radius 3 is 1.45 bits per heavy atom. The predicted octanol–water partition coefficient (Wildman–Crippen LogP) is 3.09. The normalized spacial score (nSPS) is 9.95. The maximum atomic E-state index is 5.79. The topological polar surface area (TPSA) is 62.9 Å². The highest BCUT2D eigenvalue weighted by molar-refractivity contribution is 5.52. The highest BCUT2D eigenvalue weighted by Gasteiger charge is 2.06. The van der Waals surface area contributed by atoms with Gasteiger partial charge in [0.1, 0.15) is 28.7 Å². The first-order chi connectivity index (χ1) is 9.64. The Kier molecular flexibility index (Phi) is 4.20. The fraction of sp³-hybridized carbons (Fsp3) is 0.200. The summed E-state index contributed by atoms with van der Waals surface area (Å²) in [4.78, 5) is 0. The van der Waals surface area contributed by atoms with Gasteiger partial charge in [-0.3, -0.25) is 0 Å². The minimum atomic E-state index is 0.564. The monoisotopic (exact) mass is 275 g/mol. The molecule has 2 aromatic rings. The van der Waals surface area contributed by atoms with E-state index in [1.807, 2.05) is 0 Å². The van der Waals surface area contributed by atoms with Crippen molar-refractivity contribution < 1.29 is 18.9 Å². The van der Waals surface area contributed by atoms with Crippen molar-refractivity contribution in [3.63, 3.8) is 0 Å². The average Bonchev–Trinajstić information content (AvgIpc) is 2.46. The lowest BCUT2D eigenvalue weighted by Crippen LogP contribution is -1.93. The largest absolute Gasteiger partial charge is 0.497 e. The van der Waals surface area contributed by atoms with E-state index in [9.17, 15) is 0 Å². The Labute approximate surface area is 117 Å². The zero-order valence-electron chi connectivity index (χ0n) is 11.7. The summed E-state index contributed by atoms with van der Waals surface area (Å²) in [6.45, 7) is 0. The first kappa shape index (κ1) is 13.9. The summed E-state index contributed by atoms with van der Waals surface area (Å²) >= 11 is 0. The van der Waals surface area contributed by atoms with Crippen LogP contribution in [0.1, 0.15) is 0 Å². The predicted molar refractivity (Wildman–Crippen MR) is 77.0 cm³/mol. The molecule has 0 aliphatic carbocycles. The van der Waals surface area contributed by atoms with Gasteiger partial charge in [-0.15, -0.1) is 0 Å². The van der Waals surface area contributed by atoms with Crippen LogP contribution in [0.25, 0.3) is 0 Å². The summed E-state index contributed by atoms with van der Waals surface area (Å²) in [6.07, 6.45) is 0. The van der Waals surface area contributed by atoms with Gasteiger partial charge in [-0.05, 0) is 0 Å². The Bertz CT molecular complexity index is 576. The summed E-state index contributed by atoms with van der Waals surface area (Å²) in [5.74, 6) is 3.10. The molecule has 5 heteroatoms. The second-order valence-corrected chi connectivity index (χ2v) is 4.09.